The standard InChI is InChI=1S/C10H16N6S/c1-6(17-3)4-12-8-7-5-13-16-9(7)15-10(11-2)14-8/h5-6H,4H2,1-3H3,(H3,11,12,13,14,15,16). The average molecular weight is 252 g/mol. The van der Waals surface area contributed by atoms with E-state index in [-0.39, 0.29) is 0 Å². The van der Waals surface area contributed by atoms with Crippen molar-refractivity contribution in [2.75, 3.05) is 30.5 Å². The third kappa shape index (κ3) is 2.60. The van der Waals surface area contributed by atoms with Crippen LogP contribution in [0.1, 0.15) is 6.92 Å². The van der Waals surface area contributed by atoms with Crippen LogP contribution in [0, 0.1) is 0 Å². The predicted octanol–water partition coefficient (Wildman–Crippen LogP) is 1.56. The second kappa shape index (κ2) is 5.22. The zero-order chi connectivity index (χ0) is 12.3. The first-order valence-electron chi connectivity index (χ1n) is 5.40. The summed E-state index contributed by atoms with van der Waals surface area (Å²) in [6, 6.07) is 0. The van der Waals surface area contributed by atoms with Gasteiger partial charge in [0.1, 0.15) is 5.82 Å². The molecule has 0 aliphatic rings. The highest BCUT2D eigenvalue weighted by atomic mass is 32.2. The molecule has 0 aromatic carbocycles. The summed E-state index contributed by atoms with van der Waals surface area (Å²) in [7, 11) is 1.80. The van der Waals surface area contributed by atoms with Crippen molar-refractivity contribution in [3.8, 4) is 0 Å². The lowest BCUT2D eigenvalue weighted by molar-refractivity contribution is 0.991. The Labute approximate surface area is 104 Å². The molecule has 0 aliphatic carbocycles. The molecule has 0 bridgehead atoms. The number of hydrogen-bond donors (Lipinski definition) is 3. The summed E-state index contributed by atoms with van der Waals surface area (Å²) in [5, 5.41) is 14.5. The van der Waals surface area contributed by atoms with Gasteiger partial charge in [0.05, 0.1) is 11.6 Å². The Balaban J connectivity index is 2.27. The summed E-state index contributed by atoms with van der Waals surface area (Å²) in [5.41, 5.74) is 0.739. The Kier molecular flexibility index (Phi) is 3.68. The van der Waals surface area contributed by atoms with Gasteiger partial charge in [0.15, 0.2) is 5.65 Å². The Bertz CT molecular complexity index is 497. The van der Waals surface area contributed by atoms with E-state index >= 15 is 0 Å². The third-order valence-electron chi connectivity index (χ3n) is 2.49. The number of H-pyrrole nitrogens is 1. The number of nitrogens with zero attached hydrogens (tertiary/aromatic N) is 3. The molecule has 2 heterocycles. The van der Waals surface area contributed by atoms with Crippen molar-refractivity contribution in [2.45, 2.75) is 12.2 Å². The minimum Gasteiger partial charge on any atom is -0.368 e. The molecule has 2 aromatic heterocycles. The van der Waals surface area contributed by atoms with Crippen molar-refractivity contribution in [1.29, 1.82) is 0 Å². The summed E-state index contributed by atoms with van der Waals surface area (Å²) >= 11 is 1.82. The summed E-state index contributed by atoms with van der Waals surface area (Å²) < 4.78 is 0. The van der Waals surface area contributed by atoms with E-state index in [4.69, 9.17) is 0 Å². The molecular weight excluding hydrogens is 236 g/mol. The Morgan fingerprint density at radius 3 is 3.00 bits per heavy atom. The van der Waals surface area contributed by atoms with Gasteiger partial charge in [0.2, 0.25) is 5.95 Å². The van der Waals surface area contributed by atoms with E-state index in [9.17, 15) is 0 Å². The van der Waals surface area contributed by atoms with Gasteiger partial charge in [-0.25, -0.2) is 0 Å². The van der Waals surface area contributed by atoms with E-state index in [1.165, 1.54) is 0 Å². The fourth-order valence-electron chi connectivity index (χ4n) is 1.41. The highest BCUT2D eigenvalue weighted by Gasteiger charge is 2.09. The van der Waals surface area contributed by atoms with Crippen LogP contribution in [-0.2, 0) is 0 Å². The van der Waals surface area contributed by atoms with Gasteiger partial charge in [0, 0.05) is 18.8 Å². The second-order valence-corrected chi connectivity index (χ2v) is 4.98. The fourth-order valence-corrected chi connectivity index (χ4v) is 1.66. The maximum absolute atomic E-state index is 4.40. The van der Waals surface area contributed by atoms with Gasteiger partial charge in [-0.15, -0.1) is 0 Å². The SMILES string of the molecule is CNc1nc(NCC(C)SC)c2cn[nH]c2n1. The molecule has 2 rings (SSSR count). The highest BCUT2D eigenvalue weighted by Crippen LogP contribution is 2.20. The average Bonchev–Trinajstić information content (AvgIpc) is 2.83. The fraction of sp³-hybridized carbons (Fsp3) is 0.500. The van der Waals surface area contributed by atoms with Crippen LogP contribution in [0.15, 0.2) is 6.20 Å². The Morgan fingerprint density at radius 2 is 2.29 bits per heavy atom. The third-order valence-corrected chi connectivity index (χ3v) is 3.46. The van der Waals surface area contributed by atoms with Crippen LogP contribution in [0.25, 0.3) is 11.0 Å². The summed E-state index contributed by atoms with van der Waals surface area (Å²) in [5.74, 6) is 1.40. The van der Waals surface area contributed by atoms with Crippen LogP contribution in [-0.4, -0.2) is 45.3 Å². The number of rotatable bonds is 5. The van der Waals surface area contributed by atoms with Gasteiger partial charge in [0.25, 0.3) is 0 Å². The van der Waals surface area contributed by atoms with Crippen molar-refractivity contribution in [1.82, 2.24) is 20.2 Å². The summed E-state index contributed by atoms with van der Waals surface area (Å²) in [6.07, 6.45) is 3.83. The van der Waals surface area contributed by atoms with Crippen molar-refractivity contribution in [3.05, 3.63) is 6.20 Å². The van der Waals surface area contributed by atoms with Crippen LogP contribution >= 0.6 is 11.8 Å². The molecule has 0 spiro atoms. The van der Waals surface area contributed by atoms with Gasteiger partial charge in [-0.05, 0) is 6.26 Å². The summed E-state index contributed by atoms with van der Waals surface area (Å²) in [6.45, 7) is 3.03. The normalized spacial score (nSPS) is 12.6. The van der Waals surface area contributed by atoms with Gasteiger partial charge in [-0.2, -0.15) is 26.8 Å². The number of hydrogen-bond acceptors (Lipinski definition) is 6. The molecule has 1 unspecified atom stereocenters. The van der Waals surface area contributed by atoms with Gasteiger partial charge in [-0.1, -0.05) is 6.92 Å². The number of thioether (sulfide) groups is 1. The molecule has 0 fully saturated rings. The number of nitrogens with one attached hydrogen (secondary N) is 3. The quantitative estimate of drug-likeness (QED) is 0.749. The molecule has 92 valence electrons. The second-order valence-electron chi connectivity index (χ2n) is 3.71. The lowest BCUT2D eigenvalue weighted by Crippen LogP contribution is -2.14. The molecule has 7 heteroatoms. The van der Waals surface area contributed by atoms with E-state index in [0.717, 1.165) is 23.4 Å². The lowest BCUT2D eigenvalue weighted by Gasteiger charge is -2.11. The molecule has 0 amide bonds. The number of aromatic nitrogens is 4. The van der Waals surface area contributed by atoms with Crippen LogP contribution < -0.4 is 10.6 Å². The van der Waals surface area contributed by atoms with Crippen molar-refractivity contribution in [2.24, 2.45) is 0 Å². The molecular formula is C10H16N6S. The Morgan fingerprint density at radius 1 is 1.47 bits per heavy atom. The van der Waals surface area contributed by atoms with Crippen molar-refractivity contribution < 1.29 is 0 Å². The minimum absolute atomic E-state index is 0.532. The van der Waals surface area contributed by atoms with Crippen LogP contribution in [0.3, 0.4) is 0 Å². The molecule has 2 aromatic rings. The highest BCUT2D eigenvalue weighted by molar-refractivity contribution is 7.99. The number of aromatic amines is 1. The Hall–Kier alpha value is -1.50. The maximum Gasteiger partial charge on any atom is 0.226 e. The first-order chi connectivity index (χ1) is 8.24. The van der Waals surface area contributed by atoms with E-state index in [1.807, 2.05) is 11.8 Å². The lowest BCUT2D eigenvalue weighted by atomic mass is 10.3. The van der Waals surface area contributed by atoms with Gasteiger partial charge in [-0.3, -0.25) is 5.10 Å². The number of fused-ring (bicyclic) bond motifs is 1. The van der Waals surface area contributed by atoms with E-state index in [1.54, 1.807) is 13.2 Å². The molecule has 0 radical (unpaired) electrons. The largest absolute Gasteiger partial charge is 0.368 e. The van der Waals surface area contributed by atoms with Crippen LogP contribution in [0.5, 0.6) is 0 Å². The molecule has 0 saturated carbocycles. The topological polar surface area (TPSA) is 78.5 Å². The first kappa shape index (κ1) is 12.0. The zero-order valence-corrected chi connectivity index (χ0v) is 10.9. The maximum atomic E-state index is 4.40. The van der Waals surface area contributed by atoms with Crippen LogP contribution in [0.4, 0.5) is 11.8 Å². The van der Waals surface area contributed by atoms with Crippen LogP contribution in [0.2, 0.25) is 0 Å². The van der Waals surface area contributed by atoms with Gasteiger partial charge < -0.3 is 10.6 Å². The van der Waals surface area contributed by atoms with Crippen molar-refractivity contribution in [3.63, 3.8) is 0 Å². The predicted molar refractivity (Wildman–Crippen MR) is 72.7 cm³/mol. The molecule has 0 saturated heterocycles. The molecule has 0 aliphatic heterocycles. The molecule has 1 atom stereocenters. The van der Waals surface area contributed by atoms with Gasteiger partial charge >= 0.3 is 0 Å². The van der Waals surface area contributed by atoms with E-state index in [2.05, 4.69) is 44.0 Å². The smallest absolute Gasteiger partial charge is 0.226 e. The molecule has 17 heavy (non-hydrogen) atoms. The van der Waals surface area contributed by atoms with E-state index < -0.39 is 0 Å². The molecule has 3 N–H and O–H groups in total. The number of anilines is 2. The minimum atomic E-state index is 0.532. The monoisotopic (exact) mass is 252 g/mol. The van der Waals surface area contributed by atoms with E-state index in [0.29, 0.717) is 11.2 Å². The van der Waals surface area contributed by atoms with Crippen molar-refractivity contribution >= 4 is 34.6 Å². The molecule has 6 nitrogen and oxygen atoms in total. The summed E-state index contributed by atoms with van der Waals surface area (Å²) in [4.78, 5) is 8.67. The first-order valence-corrected chi connectivity index (χ1v) is 6.69. The zero-order valence-electron chi connectivity index (χ0n) is 10.1.